The van der Waals surface area contributed by atoms with Gasteiger partial charge in [0.25, 0.3) is 5.69 Å². The van der Waals surface area contributed by atoms with Gasteiger partial charge in [-0.2, -0.15) is 0 Å². The molecule has 1 aromatic carbocycles. The molecule has 0 saturated carbocycles. The van der Waals surface area contributed by atoms with E-state index in [9.17, 15) is 14.9 Å². The number of anilines is 1. The average Bonchev–Trinajstić information content (AvgIpc) is 3.04. The molecule has 128 valence electrons. The van der Waals surface area contributed by atoms with Gasteiger partial charge in [-0.25, -0.2) is 9.97 Å². The molecule has 1 N–H and O–H groups in total. The first-order valence-corrected chi connectivity index (χ1v) is 9.28. The fourth-order valence-electron chi connectivity index (χ4n) is 2.23. The summed E-state index contributed by atoms with van der Waals surface area (Å²) in [6.07, 6.45) is 2.41. The molecule has 0 fully saturated rings. The van der Waals surface area contributed by atoms with E-state index in [1.807, 2.05) is 6.07 Å². The maximum Gasteiger partial charge on any atom is 0.292 e. The van der Waals surface area contributed by atoms with E-state index in [0.29, 0.717) is 0 Å². The van der Waals surface area contributed by atoms with E-state index in [1.165, 1.54) is 35.1 Å². The lowest BCUT2D eigenvalue weighted by atomic mass is 10.2. The summed E-state index contributed by atoms with van der Waals surface area (Å²) in [5.41, 5.74) is 0.0606. The first-order valence-electron chi connectivity index (χ1n) is 7.48. The van der Waals surface area contributed by atoms with Crippen LogP contribution in [0.15, 0.2) is 41.7 Å². The van der Waals surface area contributed by atoms with Gasteiger partial charge in [0.2, 0.25) is 5.91 Å². The third kappa shape index (κ3) is 3.94. The molecule has 0 aliphatic carbocycles. The van der Waals surface area contributed by atoms with Crippen molar-refractivity contribution in [3.05, 3.63) is 51.7 Å². The van der Waals surface area contributed by atoms with Crippen LogP contribution in [-0.2, 0) is 11.2 Å². The zero-order valence-corrected chi connectivity index (χ0v) is 14.9. The highest BCUT2D eigenvalue weighted by molar-refractivity contribution is 8.00. The maximum atomic E-state index is 12.2. The number of fused-ring (bicyclic) bond motifs is 1. The van der Waals surface area contributed by atoms with Gasteiger partial charge >= 0.3 is 0 Å². The third-order valence-electron chi connectivity index (χ3n) is 3.41. The molecule has 9 heteroatoms. The number of aryl methyl sites for hydroxylation is 1. The molecule has 0 atom stereocenters. The molecule has 0 bridgehead atoms. The Bertz CT molecular complexity index is 942. The van der Waals surface area contributed by atoms with Crippen molar-refractivity contribution >= 4 is 50.6 Å². The second-order valence-electron chi connectivity index (χ2n) is 5.08. The van der Waals surface area contributed by atoms with Gasteiger partial charge in [-0.3, -0.25) is 14.9 Å². The molecule has 0 aliphatic heterocycles. The van der Waals surface area contributed by atoms with Gasteiger partial charge in [-0.05, 0) is 18.6 Å². The molecule has 0 saturated heterocycles. The summed E-state index contributed by atoms with van der Waals surface area (Å²) in [4.78, 5) is 33.2. The number of rotatable bonds is 6. The highest BCUT2D eigenvalue weighted by Crippen LogP contribution is 2.31. The largest absolute Gasteiger partial charge is 0.320 e. The molecule has 2 aromatic heterocycles. The predicted octanol–water partition coefficient (Wildman–Crippen LogP) is 3.89. The number of nitro groups is 1. The summed E-state index contributed by atoms with van der Waals surface area (Å²) in [6.45, 7) is 2.07. The molecule has 3 rings (SSSR count). The molecule has 0 aliphatic rings. The lowest BCUT2D eigenvalue weighted by Gasteiger charge is -2.06. The Balaban J connectivity index is 1.71. The third-order valence-corrected chi connectivity index (χ3v) is 5.60. The van der Waals surface area contributed by atoms with Gasteiger partial charge in [0.15, 0.2) is 0 Å². The number of nitro benzene ring substituents is 1. The number of nitrogens with one attached hydrogen (secondary N) is 1. The lowest BCUT2D eigenvalue weighted by Crippen LogP contribution is -2.15. The van der Waals surface area contributed by atoms with Crippen LogP contribution in [0.4, 0.5) is 11.4 Å². The Morgan fingerprint density at radius 1 is 1.36 bits per heavy atom. The summed E-state index contributed by atoms with van der Waals surface area (Å²) in [6, 6.07) is 8.11. The Morgan fingerprint density at radius 3 is 2.92 bits per heavy atom. The number of thiophene rings is 1. The van der Waals surface area contributed by atoms with Gasteiger partial charge in [0.05, 0.1) is 10.7 Å². The van der Waals surface area contributed by atoms with Crippen molar-refractivity contribution in [3.63, 3.8) is 0 Å². The minimum atomic E-state index is -0.519. The van der Waals surface area contributed by atoms with Crippen LogP contribution in [0, 0.1) is 10.1 Å². The number of nitrogens with zero attached hydrogens (tertiary/aromatic N) is 3. The van der Waals surface area contributed by atoms with Crippen LogP contribution in [0.3, 0.4) is 0 Å². The quantitative estimate of drug-likeness (QED) is 0.304. The fourth-order valence-corrected chi connectivity index (χ4v) is 4.00. The van der Waals surface area contributed by atoms with E-state index < -0.39 is 4.92 Å². The number of para-hydroxylation sites is 2. The Labute approximate surface area is 151 Å². The van der Waals surface area contributed by atoms with Crippen LogP contribution in [0.25, 0.3) is 10.2 Å². The zero-order valence-electron chi connectivity index (χ0n) is 13.3. The molecular weight excluding hydrogens is 360 g/mol. The SMILES string of the molecule is CCc1cc2c(SCC(=O)Nc3ccccc3[N+](=O)[O-])ncnc2s1. The number of amides is 1. The Hall–Kier alpha value is -2.52. The molecule has 0 unspecified atom stereocenters. The second kappa shape index (κ2) is 7.58. The summed E-state index contributed by atoms with van der Waals surface area (Å²) in [7, 11) is 0. The highest BCUT2D eigenvalue weighted by atomic mass is 32.2. The zero-order chi connectivity index (χ0) is 17.8. The van der Waals surface area contributed by atoms with Crippen molar-refractivity contribution in [1.82, 2.24) is 9.97 Å². The van der Waals surface area contributed by atoms with E-state index in [4.69, 9.17) is 0 Å². The molecule has 7 nitrogen and oxygen atoms in total. The molecule has 0 radical (unpaired) electrons. The number of carbonyl (C=O) groups excluding carboxylic acids is 1. The topological polar surface area (TPSA) is 98.0 Å². The minimum Gasteiger partial charge on any atom is -0.320 e. The summed E-state index contributed by atoms with van der Waals surface area (Å²) >= 11 is 2.90. The van der Waals surface area contributed by atoms with Crippen LogP contribution in [-0.4, -0.2) is 26.6 Å². The number of hydrogen-bond donors (Lipinski definition) is 1. The van der Waals surface area contributed by atoms with Crippen molar-refractivity contribution in [1.29, 1.82) is 0 Å². The van der Waals surface area contributed by atoms with Gasteiger partial charge in [-0.15, -0.1) is 11.3 Å². The van der Waals surface area contributed by atoms with Crippen LogP contribution >= 0.6 is 23.1 Å². The molecular formula is C16H14N4O3S2. The Morgan fingerprint density at radius 2 is 2.16 bits per heavy atom. The standard InChI is InChI=1S/C16H14N4O3S2/c1-2-10-7-11-15(17-9-18-16(11)25-10)24-8-14(21)19-12-5-3-4-6-13(12)20(22)23/h3-7,9H,2,8H2,1H3,(H,19,21). The summed E-state index contributed by atoms with van der Waals surface area (Å²) in [5.74, 6) is -0.216. The van der Waals surface area contributed by atoms with Crippen molar-refractivity contribution in [2.45, 2.75) is 18.4 Å². The van der Waals surface area contributed by atoms with Gasteiger partial charge in [0, 0.05) is 16.3 Å². The van der Waals surface area contributed by atoms with E-state index in [2.05, 4.69) is 22.2 Å². The van der Waals surface area contributed by atoms with Crippen LogP contribution in [0.5, 0.6) is 0 Å². The van der Waals surface area contributed by atoms with E-state index in [1.54, 1.807) is 23.5 Å². The number of benzene rings is 1. The predicted molar refractivity (Wildman–Crippen MR) is 99.2 cm³/mol. The van der Waals surface area contributed by atoms with E-state index in [-0.39, 0.29) is 23.0 Å². The number of thioether (sulfide) groups is 1. The second-order valence-corrected chi connectivity index (χ2v) is 7.15. The van der Waals surface area contributed by atoms with Crippen molar-refractivity contribution in [3.8, 4) is 0 Å². The van der Waals surface area contributed by atoms with Gasteiger partial charge in [-0.1, -0.05) is 30.8 Å². The van der Waals surface area contributed by atoms with Crippen LogP contribution in [0.2, 0.25) is 0 Å². The van der Waals surface area contributed by atoms with Crippen molar-refractivity contribution in [2.24, 2.45) is 0 Å². The fraction of sp³-hybridized carbons (Fsp3) is 0.188. The average molecular weight is 374 g/mol. The van der Waals surface area contributed by atoms with Crippen LogP contribution in [0.1, 0.15) is 11.8 Å². The van der Waals surface area contributed by atoms with Crippen molar-refractivity contribution < 1.29 is 9.72 Å². The normalized spacial score (nSPS) is 10.8. The molecule has 2 heterocycles. The van der Waals surface area contributed by atoms with E-state index >= 15 is 0 Å². The number of aromatic nitrogens is 2. The van der Waals surface area contributed by atoms with E-state index in [0.717, 1.165) is 21.7 Å². The highest BCUT2D eigenvalue weighted by Gasteiger charge is 2.16. The maximum absolute atomic E-state index is 12.2. The smallest absolute Gasteiger partial charge is 0.292 e. The summed E-state index contributed by atoms with van der Waals surface area (Å²) < 4.78 is 0. The molecule has 1 amide bonds. The minimum absolute atomic E-state index is 0.107. The number of carbonyl (C=O) groups is 1. The number of hydrogen-bond acceptors (Lipinski definition) is 7. The van der Waals surface area contributed by atoms with Gasteiger partial charge < -0.3 is 5.32 Å². The van der Waals surface area contributed by atoms with Gasteiger partial charge in [0.1, 0.15) is 21.9 Å². The molecule has 0 spiro atoms. The van der Waals surface area contributed by atoms with Crippen LogP contribution < -0.4 is 5.32 Å². The lowest BCUT2D eigenvalue weighted by molar-refractivity contribution is -0.383. The first kappa shape index (κ1) is 17.3. The Kier molecular flexibility index (Phi) is 5.25. The molecule has 3 aromatic rings. The summed E-state index contributed by atoms with van der Waals surface area (Å²) in [5, 5.41) is 15.3. The monoisotopic (exact) mass is 374 g/mol. The first-order chi connectivity index (χ1) is 12.1. The van der Waals surface area contributed by atoms with Crippen molar-refractivity contribution in [2.75, 3.05) is 11.1 Å². The molecule has 25 heavy (non-hydrogen) atoms.